The smallest absolute Gasteiger partial charge is 0.217 e. The third-order valence-electron chi connectivity index (χ3n) is 2.50. The molecule has 0 saturated carbocycles. The molecule has 1 heterocycles. The summed E-state index contributed by atoms with van der Waals surface area (Å²) in [6.45, 7) is 1.89. The van der Waals surface area contributed by atoms with Gasteiger partial charge in [0.05, 0.1) is 10.7 Å². The highest BCUT2D eigenvalue weighted by Crippen LogP contribution is 2.24. The topological polar surface area (TPSA) is 67.6 Å². The number of aromatic nitrogens is 2. The number of halogens is 1. The molecule has 0 saturated heterocycles. The van der Waals surface area contributed by atoms with E-state index in [1.807, 2.05) is 31.2 Å². The van der Waals surface area contributed by atoms with Crippen LogP contribution in [0.1, 0.15) is 24.4 Å². The Morgan fingerprint density at radius 3 is 2.88 bits per heavy atom. The number of hydrogen-bond donors (Lipinski definition) is 1. The van der Waals surface area contributed by atoms with Crippen LogP contribution in [-0.4, -0.2) is 9.55 Å². The molecule has 4 nitrogen and oxygen atoms in total. The molecule has 0 radical (unpaired) electrons. The largest absolute Gasteiger partial charge is 0.324 e. The zero-order chi connectivity index (χ0) is 12.4. The van der Waals surface area contributed by atoms with Gasteiger partial charge in [-0.15, -0.1) is 0 Å². The first-order valence-corrected chi connectivity index (χ1v) is 5.50. The predicted octanol–water partition coefficient (Wildman–Crippen LogP) is 2.42. The van der Waals surface area contributed by atoms with Crippen LogP contribution in [0.25, 0.3) is 5.69 Å². The number of benzene rings is 1. The molecular weight excluding hydrogens is 236 g/mol. The quantitative estimate of drug-likeness (QED) is 0.885. The minimum Gasteiger partial charge on any atom is -0.324 e. The second-order valence-electron chi connectivity index (χ2n) is 3.73. The van der Waals surface area contributed by atoms with Crippen LogP contribution in [0.5, 0.6) is 0 Å². The molecule has 0 aliphatic heterocycles. The lowest BCUT2D eigenvalue weighted by molar-refractivity contribution is 0.817. The molecule has 1 aromatic carbocycles. The Kier molecular flexibility index (Phi) is 3.14. The molecule has 86 valence electrons. The van der Waals surface area contributed by atoms with Gasteiger partial charge in [0.25, 0.3) is 0 Å². The van der Waals surface area contributed by atoms with Crippen LogP contribution >= 0.6 is 11.6 Å². The van der Waals surface area contributed by atoms with Gasteiger partial charge in [0.1, 0.15) is 6.07 Å². The number of nitriles is 1. The van der Waals surface area contributed by atoms with E-state index in [-0.39, 0.29) is 6.04 Å². The van der Waals surface area contributed by atoms with E-state index in [0.717, 1.165) is 11.3 Å². The summed E-state index contributed by atoms with van der Waals surface area (Å²) in [6, 6.07) is 7.48. The predicted molar refractivity (Wildman–Crippen MR) is 65.9 cm³/mol. The number of imidazole rings is 1. The lowest BCUT2D eigenvalue weighted by Crippen LogP contribution is -2.05. The van der Waals surface area contributed by atoms with Crippen molar-refractivity contribution in [1.29, 1.82) is 5.26 Å². The van der Waals surface area contributed by atoms with E-state index in [9.17, 15) is 0 Å². The van der Waals surface area contributed by atoms with E-state index in [1.165, 1.54) is 0 Å². The molecule has 0 amide bonds. The van der Waals surface area contributed by atoms with Crippen molar-refractivity contribution in [3.05, 3.63) is 47.0 Å². The Morgan fingerprint density at radius 1 is 1.53 bits per heavy atom. The molecule has 2 rings (SSSR count). The van der Waals surface area contributed by atoms with Crippen LogP contribution in [0.15, 0.2) is 30.6 Å². The minimum atomic E-state index is -0.0697. The Hall–Kier alpha value is -1.83. The van der Waals surface area contributed by atoms with Crippen LogP contribution in [0.4, 0.5) is 0 Å². The molecule has 1 aromatic heterocycles. The number of hydrogen-bond acceptors (Lipinski definition) is 3. The Morgan fingerprint density at radius 2 is 2.29 bits per heavy atom. The fraction of sp³-hybridized carbons (Fsp3) is 0.167. The number of nitrogens with zero attached hydrogens (tertiary/aromatic N) is 3. The summed E-state index contributed by atoms with van der Waals surface area (Å²) in [5.41, 5.74) is 7.46. The van der Waals surface area contributed by atoms with Gasteiger partial charge in [0.15, 0.2) is 0 Å². The summed E-state index contributed by atoms with van der Waals surface area (Å²) < 4.78 is 1.65. The lowest BCUT2D eigenvalue weighted by atomic mass is 10.1. The molecule has 5 heteroatoms. The normalized spacial score (nSPS) is 12.1. The van der Waals surface area contributed by atoms with Crippen molar-refractivity contribution in [2.75, 3.05) is 0 Å². The molecule has 2 N–H and O–H groups in total. The van der Waals surface area contributed by atoms with Gasteiger partial charge in [-0.05, 0) is 24.6 Å². The van der Waals surface area contributed by atoms with E-state index >= 15 is 0 Å². The third-order valence-corrected chi connectivity index (χ3v) is 2.80. The highest BCUT2D eigenvalue weighted by Gasteiger charge is 2.09. The van der Waals surface area contributed by atoms with E-state index in [4.69, 9.17) is 22.6 Å². The molecular formula is C12H11ClN4. The molecule has 0 unspecified atom stereocenters. The summed E-state index contributed by atoms with van der Waals surface area (Å²) in [5, 5.41) is 9.46. The van der Waals surface area contributed by atoms with Crippen molar-refractivity contribution >= 4 is 11.6 Å². The fourth-order valence-electron chi connectivity index (χ4n) is 1.58. The molecule has 17 heavy (non-hydrogen) atoms. The van der Waals surface area contributed by atoms with Gasteiger partial charge in [0.2, 0.25) is 5.82 Å². The summed E-state index contributed by atoms with van der Waals surface area (Å²) in [6.07, 6.45) is 3.26. The van der Waals surface area contributed by atoms with Gasteiger partial charge in [-0.1, -0.05) is 17.7 Å². The Bertz CT molecular complexity index is 580. The zero-order valence-electron chi connectivity index (χ0n) is 9.26. The molecule has 0 aliphatic carbocycles. The second-order valence-corrected chi connectivity index (χ2v) is 4.14. The molecule has 0 spiro atoms. The van der Waals surface area contributed by atoms with Crippen molar-refractivity contribution in [1.82, 2.24) is 9.55 Å². The van der Waals surface area contributed by atoms with Gasteiger partial charge in [-0.25, -0.2) is 4.98 Å². The maximum atomic E-state index is 8.91. The SMILES string of the molecule is C[C@@H](N)c1ccc(-n2ccnc2C#N)c(Cl)c1. The van der Waals surface area contributed by atoms with E-state index in [1.54, 1.807) is 17.0 Å². The monoisotopic (exact) mass is 246 g/mol. The van der Waals surface area contributed by atoms with Gasteiger partial charge < -0.3 is 5.73 Å². The number of rotatable bonds is 2. The molecule has 2 aromatic rings. The summed E-state index contributed by atoms with van der Waals surface area (Å²) in [5.74, 6) is 0.306. The average Bonchev–Trinajstić information content (AvgIpc) is 2.76. The van der Waals surface area contributed by atoms with Crippen molar-refractivity contribution in [3.63, 3.8) is 0 Å². The van der Waals surface area contributed by atoms with Gasteiger partial charge in [-0.2, -0.15) is 5.26 Å². The highest BCUT2D eigenvalue weighted by molar-refractivity contribution is 6.32. The second kappa shape index (κ2) is 4.58. The van der Waals surface area contributed by atoms with Crippen LogP contribution in [0, 0.1) is 11.3 Å². The maximum absolute atomic E-state index is 8.91. The third kappa shape index (κ3) is 2.16. The van der Waals surface area contributed by atoms with E-state index in [0.29, 0.717) is 10.8 Å². The van der Waals surface area contributed by atoms with E-state index in [2.05, 4.69) is 4.98 Å². The zero-order valence-corrected chi connectivity index (χ0v) is 10.0. The first-order valence-electron chi connectivity index (χ1n) is 5.12. The fourth-order valence-corrected chi connectivity index (χ4v) is 1.86. The summed E-state index contributed by atoms with van der Waals surface area (Å²) >= 11 is 6.18. The average molecular weight is 247 g/mol. The maximum Gasteiger partial charge on any atom is 0.217 e. The molecule has 1 atom stereocenters. The van der Waals surface area contributed by atoms with Crippen LogP contribution in [0.2, 0.25) is 5.02 Å². The van der Waals surface area contributed by atoms with Crippen LogP contribution < -0.4 is 5.73 Å². The first kappa shape index (κ1) is 11.6. The standard InChI is InChI=1S/C12H11ClN4/c1-8(15)9-2-3-11(10(13)6-9)17-5-4-16-12(17)7-14/h2-6,8H,15H2,1H3/t8-/m1/s1. The number of nitrogens with two attached hydrogens (primary N) is 1. The molecule has 0 bridgehead atoms. The lowest BCUT2D eigenvalue weighted by Gasteiger charge is -2.10. The van der Waals surface area contributed by atoms with Gasteiger partial charge in [0, 0.05) is 18.4 Å². The Labute approximate surface area is 104 Å². The molecule has 0 fully saturated rings. The Balaban J connectivity index is 2.51. The van der Waals surface area contributed by atoms with Crippen LogP contribution in [-0.2, 0) is 0 Å². The first-order chi connectivity index (χ1) is 8.13. The van der Waals surface area contributed by atoms with Gasteiger partial charge in [-0.3, -0.25) is 4.57 Å². The summed E-state index contributed by atoms with van der Waals surface area (Å²) in [4.78, 5) is 3.93. The van der Waals surface area contributed by atoms with Crippen LogP contribution in [0.3, 0.4) is 0 Å². The summed E-state index contributed by atoms with van der Waals surface area (Å²) in [7, 11) is 0. The van der Waals surface area contributed by atoms with Crippen molar-refractivity contribution in [2.24, 2.45) is 5.73 Å². The molecule has 0 aliphatic rings. The van der Waals surface area contributed by atoms with Crippen molar-refractivity contribution in [3.8, 4) is 11.8 Å². The van der Waals surface area contributed by atoms with E-state index < -0.39 is 0 Å². The van der Waals surface area contributed by atoms with Crippen molar-refractivity contribution in [2.45, 2.75) is 13.0 Å². The van der Waals surface area contributed by atoms with Crippen molar-refractivity contribution < 1.29 is 0 Å². The minimum absolute atomic E-state index is 0.0697. The highest BCUT2D eigenvalue weighted by atomic mass is 35.5. The van der Waals surface area contributed by atoms with Gasteiger partial charge >= 0.3 is 0 Å².